The number of fused-ring (bicyclic) bond motifs is 1. The van der Waals surface area contributed by atoms with Crippen molar-refractivity contribution < 1.29 is 36.9 Å². The first-order valence-corrected chi connectivity index (χ1v) is 12.5. The van der Waals surface area contributed by atoms with Crippen LogP contribution in [0.5, 0.6) is 0 Å². The third-order valence-electron chi connectivity index (χ3n) is 7.60. The van der Waals surface area contributed by atoms with Gasteiger partial charge in [-0.3, -0.25) is 9.59 Å². The summed E-state index contributed by atoms with van der Waals surface area (Å²) in [6, 6.07) is 0.675. The highest BCUT2D eigenvalue weighted by Gasteiger charge is 2.68. The zero-order valence-corrected chi connectivity index (χ0v) is 21.1. The molecule has 3 aromatic rings. The van der Waals surface area contributed by atoms with Crippen molar-refractivity contribution in [3.8, 4) is 0 Å². The predicted octanol–water partition coefficient (Wildman–Crippen LogP) is 3.26. The lowest BCUT2D eigenvalue weighted by atomic mass is 9.81. The van der Waals surface area contributed by atoms with E-state index in [2.05, 4.69) is 35.7 Å². The Bertz CT molecular complexity index is 1400. The number of carbonyl (C=O) groups is 2. The highest BCUT2D eigenvalue weighted by Crippen LogP contribution is 2.62. The van der Waals surface area contributed by atoms with Crippen molar-refractivity contribution in [3.05, 3.63) is 41.1 Å². The molecule has 210 valence electrons. The van der Waals surface area contributed by atoms with Crippen LogP contribution in [0.2, 0.25) is 0 Å². The largest absolute Gasteiger partial charge is 0.369 e. The number of alkyl halides is 4. The topological polar surface area (TPSA) is 148 Å². The number of hydrogen-bond donors (Lipinski definition) is 3. The third kappa shape index (κ3) is 5.44. The molecule has 39 heavy (non-hydrogen) atoms. The van der Waals surface area contributed by atoms with Crippen LogP contribution < -0.4 is 10.6 Å². The Morgan fingerprint density at radius 2 is 1.90 bits per heavy atom. The van der Waals surface area contributed by atoms with E-state index in [0.29, 0.717) is 5.69 Å². The summed E-state index contributed by atoms with van der Waals surface area (Å²) >= 11 is 0. The lowest BCUT2D eigenvalue weighted by Gasteiger charge is -2.33. The molecular weight excluding hydrogens is 526 g/mol. The SMILES string of the molecule is Cc1nonc1C(=O)N[C@H](c1cn2ncc([C@@H](O)NC(=O)C[C@@]3(C)CC3(F)F)cc2n1)C1CCC(F)(F)CC1. The number of nitrogens with zero attached hydrogens (tertiary/aromatic N) is 5. The summed E-state index contributed by atoms with van der Waals surface area (Å²) in [7, 11) is 0. The molecule has 2 fully saturated rings. The Hall–Kier alpha value is -3.62. The van der Waals surface area contributed by atoms with Gasteiger partial charge in [-0.25, -0.2) is 31.7 Å². The molecule has 11 nitrogen and oxygen atoms in total. The Kier molecular flexibility index (Phi) is 6.59. The number of nitrogens with one attached hydrogen (secondary N) is 2. The van der Waals surface area contributed by atoms with Crippen molar-refractivity contribution in [2.24, 2.45) is 11.3 Å². The van der Waals surface area contributed by atoms with E-state index in [1.807, 2.05) is 0 Å². The van der Waals surface area contributed by atoms with Gasteiger partial charge in [0.1, 0.15) is 5.69 Å². The smallest absolute Gasteiger partial charge is 0.276 e. The monoisotopic (exact) mass is 553 g/mol. The summed E-state index contributed by atoms with van der Waals surface area (Å²) in [5.41, 5.74) is -0.459. The van der Waals surface area contributed by atoms with E-state index in [1.165, 1.54) is 29.9 Å². The van der Waals surface area contributed by atoms with Crippen LogP contribution in [0, 0.1) is 18.3 Å². The number of aromatic nitrogens is 5. The Morgan fingerprint density at radius 1 is 1.21 bits per heavy atom. The number of imidazole rings is 1. The Morgan fingerprint density at radius 3 is 2.51 bits per heavy atom. The summed E-state index contributed by atoms with van der Waals surface area (Å²) in [5, 5.41) is 27.0. The van der Waals surface area contributed by atoms with Crippen molar-refractivity contribution >= 4 is 17.5 Å². The van der Waals surface area contributed by atoms with Gasteiger partial charge in [-0.1, -0.05) is 12.1 Å². The molecule has 0 radical (unpaired) electrons. The van der Waals surface area contributed by atoms with Gasteiger partial charge in [-0.05, 0) is 36.9 Å². The van der Waals surface area contributed by atoms with Gasteiger partial charge in [0.15, 0.2) is 17.6 Å². The standard InChI is InChI=1S/C24H27F4N7O4/c1-12-18(34-39-33-12)21(38)32-19(13-3-5-23(25,26)6-4-13)15-10-35-16(30-15)7-14(9-29-35)20(37)31-17(36)8-22(2)11-24(22,27)28/h7,9-10,13,19-20,37H,3-6,8,11H2,1-2H3,(H,31,36)(H,32,38)/t19-,20+,22-/m0/s1. The number of amides is 2. The first-order valence-electron chi connectivity index (χ1n) is 12.5. The van der Waals surface area contributed by atoms with Crippen molar-refractivity contribution in [3.63, 3.8) is 0 Å². The number of aliphatic hydroxyl groups is 1. The van der Waals surface area contributed by atoms with Crippen LogP contribution in [0.3, 0.4) is 0 Å². The van der Waals surface area contributed by atoms with Crippen LogP contribution in [-0.2, 0) is 4.79 Å². The van der Waals surface area contributed by atoms with E-state index in [1.54, 1.807) is 6.92 Å². The van der Waals surface area contributed by atoms with Gasteiger partial charge in [0, 0.05) is 36.7 Å². The van der Waals surface area contributed by atoms with E-state index in [-0.39, 0.29) is 54.2 Å². The van der Waals surface area contributed by atoms with Gasteiger partial charge < -0.3 is 15.7 Å². The Balaban J connectivity index is 1.35. The molecule has 3 atom stereocenters. The molecule has 0 saturated heterocycles. The summed E-state index contributed by atoms with van der Waals surface area (Å²) < 4.78 is 60.6. The summed E-state index contributed by atoms with van der Waals surface area (Å²) in [6.07, 6.45) is 0.0702. The minimum atomic E-state index is -2.91. The van der Waals surface area contributed by atoms with Gasteiger partial charge in [-0.15, -0.1) is 0 Å². The van der Waals surface area contributed by atoms with Crippen molar-refractivity contribution in [1.29, 1.82) is 0 Å². The highest BCUT2D eigenvalue weighted by molar-refractivity contribution is 5.93. The van der Waals surface area contributed by atoms with Crippen LogP contribution in [0.4, 0.5) is 17.6 Å². The molecule has 0 aromatic carbocycles. The second-order valence-electron chi connectivity index (χ2n) is 10.7. The van der Waals surface area contributed by atoms with Crippen molar-refractivity contribution in [2.45, 2.75) is 76.5 Å². The molecular formula is C24H27F4N7O4. The van der Waals surface area contributed by atoms with E-state index in [4.69, 9.17) is 0 Å². The first kappa shape index (κ1) is 27.0. The van der Waals surface area contributed by atoms with Crippen LogP contribution >= 0.6 is 0 Å². The average Bonchev–Trinajstić information content (AvgIpc) is 3.23. The van der Waals surface area contributed by atoms with Crippen LogP contribution in [-0.4, -0.2) is 53.7 Å². The normalized spacial score (nSPS) is 23.8. The predicted molar refractivity (Wildman–Crippen MR) is 125 cm³/mol. The third-order valence-corrected chi connectivity index (χ3v) is 7.60. The number of hydrogen-bond acceptors (Lipinski definition) is 8. The van der Waals surface area contributed by atoms with E-state index < -0.39 is 54.2 Å². The summed E-state index contributed by atoms with van der Waals surface area (Å²) in [6.45, 7) is 2.85. The fourth-order valence-electron chi connectivity index (χ4n) is 4.96. The number of halogens is 4. The second-order valence-corrected chi connectivity index (χ2v) is 10.7. The molecule has 3 aromatic heterocycles. The fraction of sp³-hybridized carbons (Fsp3) is 0.583. The lowest BCUT2D eigenvalue weighted by molar-refractivity contribution is -0.126. The van der Waals surface area contributed by atoms with E-state index >= 15 is 0 Å². The van der Waals surface area contributed by atoms with Gasteiger partial charge in [0.2, 0.25) is 11.8 Å². The van der Waals surface area contributed by atoms with Crippen molar-refractivity contribution in [2.75, 3.05) is 0 Å². The van der Waals surface area contributed by atoms with Gasteiger partial charge >= 0.3 is 0 Å². The second kappa shape index (κ2) is 9.54. The van der Waals surface area contributed by atoms with E-state index in [0.717, 1.165) is 0 Å². The molecule has 2 aliphatic carbocycles. The van der Waals surface area contributed by atoms with E-state index in [9.17, 15) is 32.3 Å². The molecule has 2 aliphatic rings. The quantitative estimate of drug-likeness (QED) is 0.285. The zero-order valence-electron chi connectivity index (χ0n) is 21.1. The maximum Gasteiger partial charge on any atom is 0.276 e. The molecule has 5 rings (SSSR count). The maximum atomic E-state index is 13.9. The number of carbonyl (C=O) groups excluding carboxylic acids is 2. The van der Waals surface area contributed by atoms with Crippen LogP contribution in [0.1, 0.15) is 85.2 Å². The minimum absolute atomic E-state index is 0.0398. The molecule has 3 N–H and O–H groups in total. The van der Waals surface area contributed by atoms with Crippen molar-refractivity contribution in [1.82, 2.24) is 35.5 Å². The highest BCUT2D eigenvalue weighted by atomic mass is 19.3. The first-order chi connectivity index (χ1) is 18.3. The molecule has 0 aliphatic heterocycles. The summed E-state index contributed by atoms with van der Waals surface area (Å²) in [4.78, 5) is 29.6. The fourth-order valence-corrected chi connectivity index (χ4v) is 4.96. The molecule has 15 heteroatoms. The lowest BCUT2D eigenvalue weighted by Crippen LogP contribution is -2.37. The van der Waals surface area contributed by atoms with Crippen LogP contribution in [0.25, 0.3) is 5.65 Å². The summed E-state index contributed by atoms with van der Waals surface area (Å²) in [5.74, 6) is -7.38. The van der Waals surface area contributed by atoms with Gasteiger partial charge in [-0.2, -0.15) is 5.10 Å². The molecule has 0 spiro atoms. The maximum absolute atomic E-state index is 13.9. The molecule has 0 bridgehead atoms. The molecule has 3 heterocycles. The Labute approximate surface area is 219 Å². The van der Waals surface area contributed by atoms with Gasteiger partial charge in [0.25, 0.3) is 11.8 Å². The van der Waals surface area contributed by atoms with Crippen LogP contribution in [0.15, 0.2) is 23.1 Å². The molecule has 0 unspecified atom stereocenters. The number of aryl methyl sites for hydroxylation is 1. The number of rotatable bonds is 8. The molecule has 2 amide bonds. The zero-order chi connectivity index (χ0) is 28.2. The van der Waals surface area contributed by atoms with Gasteiger partial charge in [0.05, 0.1) is 24.1 Å². The average molecular weight is 554 g/mol. The number of aliphatic hydroxyl groups excluding tert-OH is 1. The molecule has 2 saturated carbocycles. The minimum Gasteiger partial charge on any atom is -0.369 e.